The summed E-state index contributed by atoms with van der Waals surface area (Å²) in [6.07, 6.45) is 0.353. The van der Waals surface area contributed by atoms with Crippen molar-refractivity contribution in [2.45, 2.75) is 39.7 Å². The highest BCUT2D eigenvalue weighted by Crippen LogP contribution is 2.24. The maximum absolute atomic E-state index is 12.5. The number of hydrogen-bond acceptors (Lipinski definition) is 5. The Bertz CT molecular complexity index is 956. The Morgan fingerprint density at radius 1 is 1.10 bits per heavy atom. The normalized spacial score (nSPS) is 12.1. The van der Waals surface area contributed by atoms with Gasteiger partial charge in [-0.3, -0.25) is 4.79 Å². The minimum atomic E-state index is -1.06. The maximum atomic E-state index is 12.5. The summed E-state index contributed by atoms with van der Waals surface area (Å²) in [5.41, 5.74) is 2.11. The Kier molecular flexibility index (Phi) is 8.18. The zero-order valence-electron chi connectivity index (χ0n) is 17.6. The first-order valence-corrected chi connectivity index (χ1v) is 9.81. The number of hydrogen-bond donors (Lipinski definition) is 1. The van der Waals surface area contributed by atoms with Gasteiger partial charge in [0.05, 0.1) is 6.61 Å². The van der Waals surface area contributed by atoms with Crippen LogP contribution in [-0.2, 0) is 14.3 Å². The molecule has 1 atom stereocenters. The Morgan fingerprint density at radius 3 is 2.37 bits per heavy atom. The molecule has 0 bridgehead atoms. The number of anilines is 1. The van der Waals surface area contributed by atoms with E-state index in [0.29, 0.717) is 23.6 Å². The van der Waals surface area contributed by atoms with E-state index in [1.807, 2.05) is 45.0 Å². The number of nitrogens with zero attached hydrogens (tertiary/aromatic N) is 1. The van der Waals surface area contributed by atoms with Crippen LogP contribution in [-0.4, -0.2) is 24.6 Å². The summed E-state index contributed by atoms with van der Waals surface area (Å²) in [6.45, 7) is 7.96. The number of ether oxygens (including phenoxy) is 2. The number of carbonyl (C=O) groups is 2. The van der Waals surface area contributed by atoms with Crippen LogP contribution in [0.4, 0.5) is 5.69 Å². The molecule has 156 valence electrons. The minimum Gasteiger partial charge on any atom is -0.494 e. The van der Waals surface area contributed by atoms with E-state index in [0.717, 1.165) is 5.56 Å². The molecule has 1 amide bonds. The molecule has 2 rings (SSSR count). The molecule has 0 unspecified atom stereocenters. The smallest absolute Gasteiger partial charge is 0.349 e. The molecule has 0 aliphatic rings. The third kappa shape index (κ3) is 6.21. The molecule has 1 N–H and O–H groups in total. The number of esters is 1. The second-order valence-electron chi connectivity index (χ2n) is 6.95. The van der Waals surface area contributed by atoms with E-state index in [2.05, 4.69) is 5.32 Å². The van der Waals surface area contributed by atoms with Crippen molar-refractivity contribution in [2.75, 3.05) is 11.9 Å². The van der Waals surface area contributed by atoms with E-state index in [1.165, 1.54) is 13.0 Å². The van der Waals surface area contributed by atoms with Crippen molar-refractivity contribution < 1.29 is 19.1 Å². The van der Waals surface area contributed by atoms with Crippen LogP contribution in [0.5, 0.6) is 5.75 Å². The van der Waals surface area contributed by atoms with Gasteiger partial charge in [0.1, 0.15) is 17.4 Å². The average Bonchev–Trinajstić information content (AvgIpc) is 2.73. The largest absolute Gasteiger partial charge is 0.494 e. The topological polar surface area (TPSA) is 88.4 Å². The van der Waals surface area contributed by atoms with Gasteiger partial charge in [-0.1, -0.05) is 44.2 Å². The van der Waals surface area contributed by atoms with E-state index in [1.54, 1.807) is 30.3 Å². The van der Waals surface area contributed by atoms with Crippen molar-refractivity contribution in [1.82, 2.24) is 0 Å². The molecular weight excluding hydrogens is 380 g/mol. The molecule has 2 aromatic carbocycles. The van der Waals surface area contributed by atoms with Crippen LogP contribution in [0.3, 0.4) is 0 Å². The predicted octanol–water partition coefficient (Wildman–Crippen LogP) is 4.69. The Morgan fingerprint density at radius 2 is 1.77 bits per heavy atom. The summed E-state index contributed by atoms with van der Waals surface area (Å²) in [5, 5.41) is 12.1. The third-order valence-corrected chi connectivity index (χ3v) is 4.34. The van der Waals surface area contributed by atoms with Crippen molar-refractivity contribution in [3.8, 4) is 11.8 Å². The number of nitriles is 1. The molecule has 0 aromatic heterocycles. The fourth-order valence-corrected chi connectivity index (χ4v) is 2.76. The standard InChI is InChI=1S/C24H26N2O4/c1-5-29-20-12-10-18(11-13-20)14-19(15-25)24(28)30-17(4)23(27)26-22-9-7-6-8-21(22)16(2)3/h6-14,16-17H,5H2,1-4H3,(H,26,27)/b19-14+/t17-/m1/s1. The van der Waals surface area contributed by atoms with E-state index < -0.39 is 18.0 Å². The highest BCUT2D eigenvalue weighted by Gasteiger charge is 2.21. The van der Waals surface area contributed by atoms with Crippen LogP contribution in [0.25, 0.3) is 6.08 Å². The molecule has 30 heavy (non-hydrogen) atoms. The highest BCUT2D eigenvalue weighted by molar-refractivity contribution is 6.01. The third-order valence-electron chi connectivity index (χ3n) is 4.34. The van der Waals surface area contributed by atoms with Crippen LogP contribution in [0.15, 0.2) is 54.1 Å². The van der Waals surface area contributed by atoms with E-state index >= 15 is 0 Å². The number of nitrogens with one attached hydrogen (secondary N) is 1. The van der Waals surface area contributed by atoms with Gasteiger partial charge < -0.3 is 14.8 Å². The molecule has 0 radical (unpaired) electrons. The zero-order valence-corrected chi connectivity index (χ0v) is 17.6. The molecule has 6 heteroatoms. The second-order valence-corrected chi connectivity index (χ2v) is 6.95. The number of benzene rings is 2. The fourth-order valence-electron chi connectivity index (χ4n) is 2.76. The molecule has 0 spiro atoms. The van der Waals surface area contributed by atoms with Gasteiger partial charge in [0.25, 0.3) is 5.91 Å². The Hall–Kier alpha value is -3.59. The van der Waals surface area contributed by atoms with Crippen LogP contribution >= 0.6 is 0 Å². The molecule has 2 aromatic rings. The number of carbonyl (C=O) groups excluding carboxylic acids is 2. The first kappa shape index (κ1) is 22.7. The molecule has 0 aliphatic heterocycles. The lowest BCUT2D eigenvalue weighted by molar-refractivity contribution is -0.148. The quantitative estimate of drug-likeness (QED) is 0.390. The van der Waals surface area contributed by atoms with Gasteiger partial charge in [-0.15, -0.1) is 0 Å². The number of rotatable bonds is 8. The Balaban J connectivity index is 2.06. The number of amides is 1. The van der Waals surface area contributed by atoms with Gasteiger partial charge in [0.2, 0.25) is 0 Å². The zero-order chi connectivity index (χ0) is 22.1. The summed E-state index contributed by atoms with van der Waals surface area (Å²) in [7, 11) is 0. The van der Waals surface area contributed by atoms with E-state index in [9.17, 15) is 14.9 Å². The second kappa shape index (κ2) is 10.8. The van der Waals surface area contributed by atoms with Crippen molar-refractivity contribution in [1.29, 1.82) is 5.26 Å². The highest BCUT2D eigenvalue weighted by atomic mass is 16.5. The molecule has 0 saturated heterocycles. The average molecular weight is 406 g/mol. The summed E-state index contributed by atoms with van der Waals surface area (Å²) < 4.78 is 10.6. The lowest BCUT2D eigenvalue weighted by Crippen LogP contribution is -2.30. The van der Waals surface area contributed by atoms with Crippen molar-refractivity contribution in [2.24, 2.45) is 0 Å². The van der Waals surface area contributed by atoms with Crippen LogP contribution in [0.2, 0.25) is 0 Å². The minimum absolute atomic E-state index is 0.193. The monoisotopic (exact) mass is 406 g/mol. The fraction of sp³-hybridized carbons (Fsp3) is 0.292. The Labute approximate surface area is 177 Å². The molecular formula is C24H26N2O4. The van der Waals surface area contributed by atoms with Crippen molar-refractivity contribution in [3.63, 3.8) is 0 Å². The van der Waals surface area contributed by atoms with Crippen LogP contribution < -0.4 is 10.1 Å². The summed E-state index contributed by atoms with van der Waals surface area (Å²) >= 11 is 0. The van der Waals surface area contributed by atoms with Gasteiger partial charge in [-0.25, -0.2) is 4.79 Å². The van der Waals surface area contributed by atoms with Gasteiger partial charge >= 0.3 is 5.97 Å². The summed E-state index contributed by atoms with van der Waals surface area (Å²) in [6, 6.07) is 16.3. The molecule has 0 aliphatic carbocycles. The summed E-state index contributed by atoms with van der Waals surface area (Å²) in [4.78, 5) is 24.9. The van der Waals surface area contributed by atoms with Gasteiger partial charge in [-0.05, 0) is 55.2 Å². The summed E-state index contributed by atoms with van der Waals surface area (Å²) in [5.74, 6) is -0.398. The predicted molar refractivity (Wildman–Crippen MR) is 116 cm³/mol. The first-order valence-electron chi connectivity index (χ1n) is 9.81. The molecule has 0 saturated carbocycles. The lowest BCUT2D eigenvalue weighted by Gasteiger charge is -2.17. The van der Waals surface area contributed by atoms with Gasteiger partial charge in [0.15, 0.2) is 6.10 Å². The van der Waals surface area contributed by atoms with Gasteiger partial charge in [-0.2, -0.15) is 5.26 Å². The first-order chi connectivity index (χ1) is 14.3. The van der Waals surface area contributed by atoms with E-state index in [4.69, 9.17) is 9.47 Å². The molecule has 6 nitrogen and oxygen atoms in total. The SMILES string of the molecule is CCOc1ccc(/C=C(\C#N)C(=O)O[C@H](C)C(=O)Nc2ccccc2C(C)C)cc1. The van der Waals surface area contributed by atoms with Crippen molar-refractivity contribution in [3.05, 3.63) is 65.2 Å². The van der Waals surface area contributed by atoms with Gasteiger partial charge in [0, 0.05) is 5.69 Å². The van der Waals surface area contributed by atoms with Crippen LogP contribution in [0, 0.1) is 11.3 Å². The number of para-hydroxylation sites is 1. The molecule has 0 fully saturated rings. The molecule has 0 heterocycles. The van der Waals surface area contributed by atoms with Crippen LogP contribution in [0.1, 0.15) is 44.7 Å². The maximum Gasteiger partial charge on any atom is 0.349 e. The lowest BCUT2D eigenvalue weighted by atomic mass is 10.0. The van der Waals surface area contributed by atoms with E-state index in [-0.39, 0.29) is 11.5 Å². The van der Waals surface area contributed by atoms with Crippen molar-refractivity contribution >= 4 is 23.6 Å².